The lowest BCUT2D eigenvalue weighted by atomic mass is 10.1. The van der Waals surface area contributed by atoms with E-state index in [0.717, 1.165) is 5.56 Å². The third-order valence-corrected chi connectivity index (χ3v) is 4.29. The third-order valence-electron chi connectivity index (χ3n) is 3.02. The fourth-order valence-corrected chi connectivity index (χ4v) is 3.03. The van der Waals surface area contributed by atoms with Crippen molar-refractivity contribution in [2.24, 2.45) is 0 Å². The molecule has 2 aromatic rings. The minimum absolute atomic E-state index is 0.121. The van der Waals surface area contributed by atoms with E-state index in [1.54, 1.807) is 18.2 Å². The van der Waals surface area contributed by atoms with Crippen molar-refractivity contribution in [3.63, 3.8) is 0 Å². The van der Waals surface area contributed by atoms with Gasteiger partial charge in [-0.2, -0.15) is 0 Å². The Morgan fingerprint density at radius 1 is 1.19 bits per heavy atom. The van der Waals surface area contributed by atoms with Gasteiger partial charge in [-0.15, -0.1) is 11.6 Å². The summed E-state index contributed by atoms with van der Waals surface area (Å²) in [6.45, 7) is 0. The molecular formula is C16H14BrCl2NO. The summed E-state index contributed by atoms with van der Waals surface area (Å²) in [7, 11) is 0. The fraction of sp³-hybridized carbons (Fsp3) is 0.188. The summed E-state index contributed by atoms with van der Waals surface area (Å²) in [5, 5.41) is 3.53. The molecule has 0 aliphatic rings. The first-order valence-electron chi connectivity index (χ1n) is 6.46. The van der Waals surface area contributed by atoms with Crippen molar-refractivity contribution in [3.8, 4) is 0 Å². The fourth-order valence-electron chi connectivity index (χ4n) is 1.98. The highest BCUT2D eigenvalue weighted by Crippen LogP contribution is 2.21. The van der Waals surface area contributed by atoms with Crippen LogP contribution in [0.5, 0.6) is 0 Å². The molecule has 2 nitrogen and oxygen atoms in total. The van der Waals surface area contributed by atoms with Crippen LogP contribution in [0.4, 0.5) is 0 Å². The van der Waals surface area contributed by atoms with Crippen LogP contribution in [0.1, 0.15) is 15.9 Å². The highest BCUT2D eigenvalue weighted by molar-refractivity contribution is 9.10. The van der Waals surface area contributed by atoms with Gasteiger partial charge >= 0.3 is 0 Å². The zero-order chi connectivity index (χ0) is 15.2. The average molecular weight is 387 g/mol. The van der Waals surface area contributed by atoms with Gasteiger partial charge in [-0.3, -0.25) is 4.79 Å². The molecule has 0 radical (unpaired) electrons. The van der Waals surface area contributed by atoms with E-state index in [0.29, 0.717) is 27.4 Å². The molecule has 0 aliphatic carbocycles. The monoisotopic (exact) mass is 385 g/mol. The van der Waals surface area contributed by atoms with Gasteiger partial charge in [0.25, 0.3) is 5.91 Å². The molecule has 2 aromatic carbocycles. The highest BCUT2D eigenvalue weighted by Gasteiger charge is 2.15. The van der Waals surface area contributed by atoms with Crippen molar-refractivity contribution in [2.75, 3.05) is 5.88 Å². The van der Waals surface area contributed by atoms with Gasteiger partial charge in [-0.05, 0) is 46.1 Å². The summed E-state index contributed by atoms with van der Waals surface area (Å²) >= 11 is 15.2. The van der Waals surface area contributed by atoms with E-state index in [2.05, 4.69) is 21.2 Å². The van der Waals surface area contributed by atoms with Crippen molar-refractivity contribution >= 4 is 45.0 Å². The van der Waals surface area contributed by atoms with Gasteiger partial charge < -0.3 is 5.32 Å². The number of carbonyl (C=O) groups is 1. The van der Waals surface area contributed by atoms with Crippen LogP contribution in [-0.4, -0.2) is 17.8 Å². The molecule has 0 saturated heterocycles. The van der Waals surface area contributed by atoms with Crippen LogP contribution >= 0.6 is 39.1 Å². The minimum atomic E-state index is -0.167. The molecule has 0 aliphatic heterocycles. The number of amides is 1. The summed E-state index contributed by atoms with van der Waals surface area (Å²) in [6, 6.07) is 14.9. The molecule has 0 saturated carbocycles. The molecule has 0 bridgehead atoms. The largest absolute Gasteiger partial charge is 0.348 e. The maximum absolute atomic E-state index is 12.3. The van der Waals surface area contributed by atoms with E-state index in [9.17, 15) is 4.79 Å². The lowest BCUT2D eigenvalue weighted by Crippen LogP contribution is -2.37. The van der Waals surface area contributed by atoms with Gasteiger partial charge in [0.05, 0.1) is 5.56 Å². The first kappa shape index (κ1) is 16.3. The minimum Gasteiger partial charge on any atom is -0.348 e. The zero-order valence-electron chi connectivity index (χ0n) is 11.2. The Labute approximate surface area is 142 Å². The Morgan fingerprint density at radius 2 is 1.90 bits per heavy atom. The summed E-state index contributed by atoms with van der Waals surface area (Å²) in [5.41, 5.74) is 1.68. The summed E-state index contributed by atoms with van der Waals surface area (Å²) in [4.78, 5) is 12.3. The van der Waals surface area contributed by atoms with Crippen LogP contribution in [0.25, 0.3) is 0 Å². The molecule has 110 valence electrons. The number of carbonyl (C=O) groups excluding carboxylic acids is 1. The number of hydrogen-bond acceptors (Lipinski definition) is 1. The molecule has 1 unspecified atom stereocenters. The summed E-state index contributed by atoms with van der Waals surface area (Å²) in [6.07, 6.45) is 0.696. The van der Waals surface area contributed by atoms with E-state index >= 15 is 0 Å². The third kappa shape index (κ3) is 4.73. The normalized spacial score (nSPS) is 12.0. The second-order valence-corrected chi connectivity index (χ2v) is 6.24. The summed E-state index contributed by atoms with van der Waals surface area (Å²) < 4.78 is 0.667. The van der Waals surface area contributed by atoms with E-state index in [1.807, 2.05) is 30.3 Å². The molecule has 0 spiro atoms. The molecule has 5 heteroatoms. The Morgan fingerprint density at radius 3 is 2.52 bits per heavy atom. The Balaban J connectivity index is 2.06. The van der Waals surface area contributed by atoms with Crippen molar-refractivity contribution in [3.05, 3.63) is 69.2 Å². The van der Waals surface area contributed by atoms with Crippen LogP contribution in [-0.2, 0) is 6.42 Å². The number of nitrogens with one attached hydrogen (secondary N) is 1. The maximum atomic E-state index is 12.3. The van der Waals surface area contributed by atoms with E-state index in [-0.39, 0.29) is 11.9 Å². The number of hydrogen-bond donors (Lipinski definition) is 1. The molecule has 0 fully saturated rings. The van der Waals surface area contributed by atoms with Gasteiger partial charge in [0.15, 0.2) is 0 Å². The predicted molar refractivity (Wildman–Crippen MR) is 91.3 cm³/mol. The topological polar surface area (TPSA) is 29.1 Å². The Bertz CT molecular complexity index is 619. The first-order chi connectivity index (χ1) is 10.1. The van der Waals surface area contributed by atoms with Gasteiger partial charge in [-0.25, -0.2) is 0 Å². The van der Waals surface area contributed by atoms with Crippen molar-refractivity contribution in [1.29, 1.82) is 0 Å². The molecule has 1 N–H and O–H groups in total. The van der Waals surface area contributed by atoms with Gasteiger partial charge in [0, 0.05) is 21.4 Å². The van der Waals surface area contributed by atoms with Crippen molar-refractivity contribution in [1.82, 2.24) is 5.32 Å². The number of rotatable bonds is 5. The molecule has 0 aromatic heterocycles. The second kappa shape index (κ2) is 7.83. The standard InChI is InChI=1S/C16H14BrCl2NO/c17-15-9-12(19)6-7-14(15)16(21)20-13(10-18)8-11-4-2-1-3-5-11/h1-7,9,13H,8,10H2,(H,20,21). The van der Waals surface area contributed by atoms with E-state index < -0.39 is 0 Å². The van der Waals surface area contributed by atoms with E-state index in [1.165, 1.54) is 0 Å². The zero-order valence-corrected chi connectivity index (χ0v) is 14.3. The SMILES string of the molecule is O=C(NC(CCl)Cc1ccccc1)c1ccc(Cl)cc1Br. The molecular weight excluding hydrogens is 373 g/mol. The lowest BCUT2D eigenvalue weighted by Gasteiger charge is -2.17. The molecule has 2 rings (SSSR count). The van der Waals surface area contributed by atoms with Crippen LogP contribution in [0.3, 0.4) is 0 Å². The van der Waals surface area contributed by atoms with E-state index in [4.69, 9.17) is 23.2 Å². The van der Waals surface area contributed by atoms with Crippen LogP contribution in [0.15, 0.2) is 53.0 Å². The quantitative estimate of drug-likeness (QED) is 0.742. The van der Waals surface area contributed by atoms with Crippen LogP contribution < -0.4 is 5.32 Å². The smallest absolute Gasteiger partial charge is 0.252 e. The molecule has 1 atom stereocenters. The second-order valence-electron chi connectivity index (χ2n) is 4.64. The highest BCUT2D eigenvalue weighted by atomic mass is 79.9. The van der Waals surface area contributed by atoms with Gasteiger partial charge in [0.2, 0.25) is 0 Å². The molecule has 21 heavy (non-hydrogen) atoms. The average Bonchev–Trinajstić information content (AvgIpc) is 2.47. The Hall–Kier alpha value is -1.03. The molecule has 0 heterocycles. The maximum Gasteiger partial charge on any atom is 0.252 e. The number of alkyl halides is 1. The van der Waals surface area contributed by atoms with Gasteiger partial charge in [0.1, 0.15) is 0 Å². The number of benzene rings is 2. The van der Waals surface area contributed by atoms with Crippen LogP contribution in [0, 0.1) is 0 Å². The van der Waals surface area contributed by atoms with Crippen molar-refractivity contribution < 1.29 is 4.79 Å². The first-order valence-corrected chi connectivity index (χ1v) is 8.16. The lowest BCUT2D eigenvalue weighted by molar-refractivity contribution is 0.0940. The molecule has 1 amide bonds. The van der Waals surface area contributed by atoms with Crippen molar-refractivity contribution in [2.45, 2.75) is 12.5 Å². The Kier molecular flexibility index (Phi) is 6.09. The van der Waals surface area contributed by atoms with Crippen LogP contribution in [0.2, 0.25) is 5.02 Å². The van der Waals surface area contributed by atoms with Gasteiger partial charge in [-0.1, -0.05) is 41.9 Å². The number of halogens is 3. The predicted octanol–water partition coefficient (Wildman–Crippen LogP) is 4.68. The summed E-state index contributed by atoms with van der Waals surface area (Å²) in [5.74, 6) is 0.186.